The topological polar surface area (TPSA) is 135 Å². The summed E-state index contributed by atoms with van der Waals surface area (Å²) in [5.74, 6) is -3.25. The maximum atomic E-state index is 11.0. The van der Waals surface area contributed by atoms with Crippen molar-refractivity contribution in [1.29, 1.82) is 0 Å². The first kappa shape index (κ1) is 14.9. The molecule has 0 saturated heterocycles. The molecule has 7 nitrogen and oxygen atoms in total. The Morgan fingerprint density at radius 2 is 1.68 bits per heavy atom. The minimum absolute atomic E-state index is 0.0202. The van der Waals surface area contributed by atoms with Gasteiger partial charge in [-0.25, -0.2) is 9.59 Å². The number of carbonyl (C=O) groups is 2. The van der Waals surface area contributed by atoms with Gasteiger partial charge in [-0.3, -0.25) is 0 Å². The molecular formula is C12H14O7. The van der Waals surface area contributed by atoms with Crippen LogP contribution in [0.3, 0.4) is 0 Å². The minimum Gasteiger partial charge on any atom is -0.508 e. The molecule has 0 aliphatic rings. The van der Waals surface area contributed by atoms with Crippen LogP contribution in [-0.4, -0.2) is 49.2 Å². The van der Waals surface area contributed by atoms with Crippen LogP contribution >= 0.6 is 0 Å². The van der Waals surface area contributed by atoms with Gasteiger partial charge in [-0.1, -0.05) is 12.1 Å². The van der Waals surface area contributed by atoms with E-state index in [4.69, 9.17) is 15.3 Å². The summed E-state index contributed by atoms with van der Waals surface area (Å²) in [4.78, 5) is 21.6. The molecule has 2 atom stereocenters. The van der Waals surface area contributed by atoms with Crippen LogP contribution < -0.4 is 0 Å². The van der Waals surface area contributed by atoms with Crippen LogP contribution in [-0.2, 0) is 16.0 Å². The summed E-state index contributed by atoms with van der Waals surface area (Å²) < 4.78 is 0. The van der Waals surface area contributed by atoms with Crippen LogP contribution in [0.2, 0.25) is 0 Å². The Balaban J connectivity index is 2.90. The number of benzene rings is 1. The molecule has 0 heterocycles. The average molecular weight is 270 g/mol. The normalized spacial score (nSPS) is 15.5. The quantitative estimate of drug-likeness (QED) is 0.474. The van der Waals surface area contributed by atoms with Crippen LogP contribution in [0.4, 0.5) is 0 Å². The SMILES string of the molecule is O=C(O)C(O)CC(O)(Cc1ccc(O)cc1)C(=O)O. The lowest BCUT2D eigenvalue weighted by Gasteiger charge is -2.24. The molecule has 104 valence electrons. The number of hydrogen-bond acceptors (Lipinski definition) is 5. The highest BCUT2D eigenvalue weighted by Gasteiger charge is 2.40. The first-order valence-corrected chi connectivity index (χ1v) is 5.39. The fourth-order valence-electron chi connectivity index (χ4n) is 1.59. The first-order chi connectivity index (χ1) is 8.74. The van der Waals surface area contributed by atoms with Crippen LogP contribution in [0.15, 0.2) is 24.3 Å². The molecule has 19 heavy (non-hydrogen) atoms. The monoisotopic (exact) mass is 270 g/mol. The number of carboxylic acids is 2. The van der Waals surface area contributed by atoms with E-state index in [2.05, 4.69) is 0 Å². The van der Waals surface area contributed by atoms with E-state index in [9.17, 15) is 19.8 Å². The molecule has 7 heteroatoms. The molecule has 0 fully saturated rings. The van der Waals surface area contributed by atoms with E-state index in [1.165, 1.54) is 24.3 Å². The number of aliphatic carboxylic acids is 2. The maximum absolute atomic E-state index is 11.0. The second kappa shape index (κ2) is 5.68. The summed E-state index contributed by atoms with van der Waals surface area (Å²) in [5.41, 5.74) is -2.00. The van der Waals surface area contributed by atoms with Gasteiger partial charge in [-0.2, -0.15) is 0 Å². The number of aromatic hydroxyl groups is 1. The highest BCUT2D eigenvalue weighted by molar-refractivity contribution is 5.80. The predicted molar refractivity (Wildman–Crippen MR) is 62.7 cm³/mol. The third-order valence-corrected chi connectivity index (χ3v) is 2.65. The fourth-order valence-corrected chi connectivity index (χ4v) is 1.59. The minimum atomic E-state index is -2.39. The Morgan fingerprint density at radius 1 is 1.16 bits per heavy atom. The summed E-state index contributed by atoms with van der Waals surface area (Å²) in [6, 6.07) is 5.42. The van der Waals surface area contributed by atoms with Gasteiger partial charge in [-0.15, -0.1) is 0 Å². The average Bonchev–Trinajstić information content (AvgIpc) is 2.31. The Hall–Kier alpha value is -2.12. The van der Waals surface area contributed by atoms with E-state index >= 15 is 0 Å². The molecule has 0 spiro atoms. The summed E-state index contributed by atoms with van der Waals surface area (Å²) in [6.07, 6.45) is -3.19. The molecular weight excluding hydrogens is 256 g/mol. The standard InChI is InChI=1S/C12H14O7/c13-8-3-1-7(2-4-8)5-12(19,11(17)18)6-9(14)10(15)16/h1-4,9,13-14,19H,5-6H2,(H,15,16)(H,17,18). The molecule has 0 aliphatic carbocycles. The van der Waals surface area contributed by atoms with E-state index in [1.54, 1.807) is 0 Å². The molecule has 1 rings (SSSR count). The van der Waals surface area contributed by atoms with Crippen molar-refractivity contribution in [3.8, 4) is 5.75 Å². The number of phenols is 1. The van der Waals surface area contributed by atoms with Gasteiger partial charge in [0.15, 0.2) is 11.7 Å². The highest BCUT2D eigenvalue weighted by atomic mass is 16.4. The van der Waals surface area contributed by atoms with Crippen molar-refractivity contribution < 1.29 is 35.1 Å². The number of rotatable bonds is 6. The number of aliphatic hydroxyl groups excluding tert-OH is 1. The van der Waals surface area contributed by atoms with Gasteiger partial charge in [0.2, 0.25) is 0 Å². The van der Waals surface area contributed by atoms with Gasteiger partial charge < -0.3 is 25.5 Å². The zero-order valence-electron chi connectivity index (χ0n) is 9.85. The molecule has 0 saturated carbocycles. The largest absolute Gasteiger partial charge is 0.508 e. The number of phenolic OH excluding ortho intramolecular Hbond substituents is 1. The maximum Gasteiger partial charge on any atom is 0.336 e. The van der Waals surface area contributed by atoms with E-state index in [0.717, 1.165) is 0 Å². The van der Waals surface area contributed by atoms with E-state index in [0.29, 0.717) is 5.56 Å². The van der Waals surface area contributed by atoms with E-state index in [-0.39, 0.29) is 12.2 Å². The van der Waals surface area contributed by atoms with Crippen molar-refractivity contribution in [3.05, 3.63) is 29.8 Å². The van der Waals surface area contributed by atoms with E-state index < -0.39 is 30.1 Å². The molecule has 2 unspecified atom stereocenters. The molecule has 0 amide bonds. The Labute approximate surface area is 108 Å². The second-order valence-electron chi connectivity index (χ2n) is 4.24. The van der Waals surface area contributed by atoms with Crippen molar-refractivity contribution in [2.75, 3.05) is 0 Å². The molecule has 5 N–H and O–H groups in total. The lowest BCUT2D eigenvalue weighted by Crippen LogP contribution is -2.45. The lowest BCUT2D eigenvalue weighted by molar-refractivity contribution is -0.165. The third-order valence-electron chi connectivity index (χ3n) is 2.65. The van der Waals surface area contributed by atoms with Gasteiger partial charge in [0.1, 0.15) is 5.75 Å². The van der Waals surface area contributed by atoms with Gasteiger partial charge >= 0.3 is 11.9 Å². The smallest absolute Gasteiger partial charge is 0.336 e. The molecule has 0 aromatic heterocycles. The summed E-state index contributed by atoms with van der Waals surface area (Å²) in [5, 5.41) is 45.7. The molecule has 0 bridgehead atoms. The van der Waals surface area contributed by atoms with Gasteiger partial charge in [-0.05, 0) is 17.7 Å². The number of hydrogen-bond donors (Lipinski definition) is 5. The molecule has 1 aromatic carbocycles. The second-order valence-corrected chi connectivity index (χ2v) is 4.24. The van der Waals surface area contributed by atoms with Gasteiger partial charge in [0.25, 0.3) is 0 Å². The summed E-state index contributed by atoms with van der Waals surface area (Å²) >= 11 is 0. The highest BCUT2D eigenvalue weighted by Crippen LogP contribution is 2.21. The van der Waals surface area contributed by atoms with Crippen LogP contribution in [0, 0.1) is 0 Å². The molecule has 0 aliphatic heterocycles. The van der Waals surface area contributed by atoms with Crippen LogP contribution in [0.1, 0.15) is 12.0 Å². The Morgan fingerprint density at radius 3 is 2.11 bits per heavy atom. The first-order valence-electron chi connectivity index (χ1n) is 5.39. The summed E-state index contributed by atoms with van der Waals surface area (Å²) in [7, 11) is 0. The van der Waals surface area contributed by atoms with Crippen molar-refractivity contribution in [2.24, 2.45) is 0 Å². The Kier molecular flexibility index (Phi) is 4.47. The molecule has 1 aromatic rings. The fraction of sp³-hybridized carbons (Fsp3) is 0.333. The number of carboxylic acid groups (broad SMARTS) is 2. The van der Waals surface area contributed by atoms with Crippen molar-refractivity contribution >= 4 is 11.9 Å². The molecule has 0 radical (unpaired) electrons. The number of aliphatic hydroxyl groups is 2. The van der Waals surface area contributed by atoms with Gasteiger partial charge in [0.05, 0.1) is 0 Å². The van der Waals surface area contributed by atoms with Crippen molar-refractivity contribution in [3.63, 3.8) is 0 Å². The Bertz CT molecular complexity index is 467. The zero-order chi connectivity index (χ0) is 14.6. The van der Waals surface area contributed by atoms with Crippen LogP contribution in [0.25, 0.3) is 0 Å². The zero-order valence-corrected chi connectivity index (χ0v) is 9.85. The van der Waals surface area contributed by atoms with Crippen LogP contribution in [0.5, 0.6) is 5.75 Å². The van der Waals surface area contributed by atoms with E-state index in [1.807, 2.05) is 0 Å². The predicted octanol–water partition coefficient (Wildman–Crippen LogP) is -0.414. The third kappa shape index (κ3) is 3.94. The van der Waals surface area contributed by atoms with Crippen molar-refractivity contribution in [1.82, 2.24) is 0 Å². The van der Waals surface area contributed by atoms with Crippen molar-refractivity contribution in [2.45, 2.75) is 24.5 Å². The lowest BCUT2D eigenvalue weighted by atomic mass is 9.89. The summed E-state index contributed by atoms with van der Waals surface area (Å²) in [6.45, 7) is 0. The van der Waals surface area contributed by atoms with Gasteiger partial charge in [0, 0.05) is 12.8 Å².